The molecule has 0 aliphatic carbocycles. The molecule has 1 saturated heterocycles. The predicted octanol–water partition coefficient (Wildman–Crippen LogP) is -0.366. The molecule has 0 saturated carbocycles. The second-order valence-corrected chi connectivity index (χ2v) is 4.23. The van der Waals surface area contributed by atoms with Crippen LogP contribution in [0.4, 0.5) is 0 Å². The van der Waals surface area contributed by atoms with E-state index in [2.05, 4.69) is 5.16 Å². The Morgan fingerprint density at radius 1 is 1.44 bits per heavy atom. The molecular formula is C11H21N3O4. The second kappa shape index (κ2) is 7.88. The minimum absolute atomic E-state index is 0.0240. The van der Waals surface area contributed by atoms with E-state index in [4.69, 9.17) is 20.4 Å². The Labute approximate surface area is 107 Å². The monoisotopic (exact) mass is 259 g/mol. The number of piperidine rings is 1. The quantitative estimate of drug-likeness (QED) is 0.223. The molecule has 7 nitrogen and oxygen atoms in total. The fraction of sp³-hybridized carbons (Fsp3) is 0.818. The summed E-state index contributed by atoms with van der Waals surface area (Å²) in [6, 6.07) is 0. The Bertz CT molecular complexity index is 288. The van der Waals surface area contributed by atoms with E-state index < -0.39 is 0 Å². The number of nitrogens with two attached hydrogens (primary N) is 1. The van der Waals surface area contributed by atoms with Crippen LogP contribution in [0, 0.1) is 5.92 Å². The molecule has 104 valence electrons. The third-order valence-electron chi connectivity index (χ3n) is 3.04. The van der Waals surface area contributed by atoms with Gasteiger partial charge >= 0.3 is 0 Å². The molecule has 0 unspecified atom stereocenters. The molecule has 3 N–H and O–H groups in total. The SMILES string of the molecule is COCCOCC(=O)N1CCC(C(N)=NO)CC1. The van der Waals surface area contributed by atoms with Crippen molar-refractivity contribution in [2.45, 2.75) is 12.8 Å². The summed E-state index contributed by atoms with van der Waals surface area (Å²) in [5.74, 6) is 0.288. The molecule has 1 aliphatic heterocycles. The summed E-state index contributed by atoms with van der Waals surface area (Å²) >= 11 is 0. The van der Waals surface area contributed by atoms with Gasteiger partial charge in [0.25, 0.3) is 0 Å². The molecule has 0 aromatic heterocycles. The zero-order valence-electron chi connectivity index (χ0n) is 10.7. The van der Waals surface area contributed by atoms with E-state index in [0.29, 0.717) is 26.3 Å². The van der Waals surface area contributed by atoms with Gasteiger partial charge in [0.15, 0.2) is 0 Å². The average Bonchev–Trinajstić information content (AvgIpc) is 2.42. The van der Waals surface area contributed by atoms with Crippen molar-refractivity contribution >= 4 is 11.7 Å². The van der Waals surface area contributed by atoms with Crippen LogP contribution in [0.15, 0.2) is 5.16 Å². The van der Waals surface area contributed by atoms with Crippen molar-refractivity contribution in [1.29, 1.82) is 0 Å². The first-order chi connectivity index (χ1) is 8.69. The molecule has 0 spiro atoms. The lowest BCUT2D eigenvalue weighted by molar-refractivity contribution is -0.137. The number of nitrogens with zero attached hydrogens (tertiary/aromatic N) is 2. The number of amidine groups is 1. The number of carbonyl (C=O) groups is 1. The molecule has 18 heavy (non-hydrogen) atoms. The molecule has 0 atom stereocenters. The zero-order chi connectivity index (χ0) is 13.4. The number of oxime groups is 1. The molecule has 0 radical (unpaired) electrons. The maximum Gasteiger partial charge on any atom is 0.248 e. The number of likely N-dealkylation sites (tertiary alicyclic amines) is 1. The van der Waals surface area contributed by atoms with Crippen LogP contribution in [-0.2, 0) is 14.3 Å². The van der Waals surface area contributed by atoms with E-state index >= 15 is 0 Å². The lowest BCUT2D eigenvalue weighted by Crippen LogP contribution is -2.43. The number of amides is 1. The number of hydrogen-bond acceptors (Lipinski definition) is 5. The number of rotatable bonds is 6. The van der Waals surface area contributed by atoms with E-state index in [0.717, 1.165) is 12.8 Å². The highest BCUT2D eigenvalue weighted by Crippen LogP contribution is 2.17. The lowest BCUT2D eigenvalue weighted by Gasteiger charge is -2.31. The van der Waals surface area contributed by atoms with Gasteiger partial charge in [0.2, 0.25) is 5.91 Å². The van der Waals surface area contributed by atoms with Crippen molar-refractivity contribution in [3.8, 4) is 0 Å². The largest absolute Gasteiger partial charge is 0.409 e. The topological polar surface area (TPSA) is 97.4 Å². The maximum atomic E-state index is 11.8. The fourth-order valence-corrected chi connectivity index (χ4v) is 1.90. The van der Waals surface area contributed by atoms with Crippen molar-refractivity contribution in [2.24, 2.45) is 16.8 Å². The molecule has 1 aliphatic rings. The summed E-state index contributed by atoms with van der Waals surface area (Å²) in [7, 11) is 1.59. The van der Waals surface area contributed by atoms with Crippen LogP contribution in [0.3, 0.4) is 0 Å². The van der Waals surface area contributed by atoms with Gasteiger partial charge < -0.3 is 25.3 Å². The van der Waals surface area contributed by atoms with E-state index in [1.165, 1.54) is 0 Å². The summed E-state index contributed by atoms with van der Waals surface area (Å²) < 4.78 is 10.0. The highest BCUT2D eigenvalue weighted by Gasteiger charge is 2.25. The Hall–Kier alpha value is -1.34. The third kappa shape index (κ3) is 4.50. The number of carbonyl (C=O) groups excluding carboxylic acids is 1. The van der Waals surface area contributed by atoms with Gasteiger partial charge in [-0.05, 0) is 12.8 Å². The Kier molecular flexibility index (Phi) is 6.45. The first-order valence-electron chi connectivity index (χ1n) is 6.01. The van der Waals surface area contributed by atoms with Crippen molar-refractivity contribution in [1.82, 2.24) is 4.90 Å². The molecular weight excluding hydrogens is 238 g/mol. The molecule has 1 heterocycles. The summed E-state index contributed by atoms with van der Waals surface area (Å²) in [4.78, 5) is 13.5. The molecule has 1 rings (SSSR count). The van der Waals surface area contributed by atoms with Crippen LogP contribution in [-0.4, -0.2) is 61.9 Å². The normalized spacial score (nSPS) is 18.1. The third-order valence-corrected chi connectivity index (χ3v) is 3.04. The van der Waals surface area contributed by atoms with Crippen molar-refractivity contribution in [2.75, 3.05) is 40.0 Å². The maximum absolute atomic E-state index is 11.8. The zero-order valence-corrected chi connectivity index (χ0v) is 10.7. The van der Waals surface area contributed by atoms with E-state index in [9.17, 15) is 4.79 Å². The van der Waals surface area contributed by atoms with Gasteiger partial charge in [-0.1, -0.05) is 5.16 Å². The molecule has 7 heteroatoms. The van der Waals surface area contributed by atoms with Gasteiger partial charge in [-0.2, -0.15) is 0 Å². The number of hydrogen-bond donors (Lipinski definition) is 2. The molecule has 0 aromatic rings. The van der Waals surface area contributed by atoms with Gasteiger partial charge in [0.05, 0.1) is 13.2 Å². The first kappa shape index (κ1) is 14.7. The highest BCUT2D eigenvalue weighted by molar-refractivity contribution is 5.83. The molecule has 0 aromatic carbocycles. The lowest BCUT2D eigenvalue weighted by atomic mass is 9.96. The minimum Gasteiger partial charge on any atom is -0.409 e. The molecule has 0 bridgehead atoms. The average molecular weight is 259 g/mol. The fourth-order valence-electron chi connectivity index (χ4n) is 1.90. The van der Waals surface area contributed by atoms with Crippen molar-refractivity contribution < 1.29 is 19.5 Å². The molecule has 1 fully saturated rings. The van der Waals surface area contributed by atoms with Crippen molar-refractivity contribution in [3.63, 3.8) is 0 Å². The smallest absolute Gasteiger partial charge is 0.248 e. The Morgan fingerprint density at radius 3 is 2.67 bits per heavy atom. The minimum atomic E-state index is -0.0240. The van der Waals surface area contributed by atoms with Crippen LogP contribution in [0.1, 0.15) is 12.8 Å². The number of methoxy groups -OCH3 is 1. The summed E-state index contributed by atoms with van der Waals surface area (Å²) in [5.41, 5.74) is 5.54. The summed E-state index contributed by atoms with van der Waals surface area (Å²) in [6.07, 6.45) is 1.44. The van der Waals surface area contributed by atoms with Gasteiger partial charge in [-0.15, -0.1) is 0 Å². The summed E-state index contributed by atoms with van der Waals surface area (Å²) in [5, 5.41) is 11.6. The van der Waals surface area contributed by atoms with Crippen LogP contribution in [0.25, 0.3) is 0 Å². The standard InChI is InChI=1S/C11H21N3O4/c1-17-6-7-18-8-10(15)14-4-2-9(3-5-14)11(12)13-16/h9,16H,2-8H2,1H3,(H2,12,13). The van der Waals surface area contributed by atoms with Gasteiger partial charge in [0.1, 0.15) is 12.4 Å². The Morgan fingerprint density at radius 2 is 2.11 bits per heavy atom. The Balaban J connectivity index is 2.23. The van der Waals surface area contributed by atoms with E-state index in [-0.39, 0.29) is 24.3 Å². The predicted molar refractivity (Wildman–Crippen MR) is 65.4 cm³/mol. The number of ether oxygens (including phenoxy) is 2. The molecule has 1 amide bonds. The van der Waals surface area contributed by atoms with Gasteiger partial charge in [-0.25, -0.2) is 0 Å². The van der Waals surface area contributed by atoms with E-state index in [1.54, 1.807) is 12.0 Å². The van der Waals surface area contributed by atoms with Crippen LogP contribution in [0.2, 0.25) is 0 Å². The summed E-state index contributed by atoms with van der Waals surface area (Å²) in [6.45, 7) is 2.22. The van der Waals surface area contributed by atoms with Gasteiger partial charge in [0, 0.05) is 26.1 Å². The van der Waals surface area contributed by atoms with Crippen LogP contribution >= 0.6 is 0 Å². The first-order valence-corrected chi connectivity index (χ1v) is 6.01. The second-order valence-electron chi connectivity index (χ2n) is 4.23. The van der Waals surface area contributed by atoms with Crippen molar-refractivity contribution in [3.05, 3.63) is 0 Å². The van der Waals surface area contributed by atoms with E-state index in [1.807, 2.05) is 0 Å². The van der Waals surface area contributed by atoms with Crippen LogP contribution < -0.4 is 5.73 Å². The highest BCUT2D eigenvalue weighted by atomic mass is 16.5. The van der Waals surface area contributed by atoms with Gasteiger partial charge in [-0.3, -0.25) is 4.79 Å². The van der Waals surface area contributed by atoms with Crippen LogP contribution in [0.5, 0.6) is 0 Å².